The number of anilines is 1. The van der Waals surface area contributed by atoms with Gasteiger partial charge in [0.25, 0.3) is 5.91 Å². The molecule has 0 aliphatic carbocycles. The molecule has 3 N–H and O–H groups in total. The lowest BCUT2D eigenvalue weighted by Crippen LogP contribution is -2.44. The van der Waals surface area contributed by atoms with E-state index in [0.717, 1.165) is 11.4 Å². The molecule has 0 spiro atoms. The lowest BCUT2D eigenvalue weighted by atomic mass is 10.0. The number of hydrogen-bond acceptors (Lipinski definition) is 6. The van der Waals surface area contributed by atoms with Crippen LogP contribution in [0.4, 0.5) is 10.2 Å². The quantitative estimate of drug-likeness (QED) is 0.258. The van der Waals surface area contributed by atoms with Gasteiger partial charge in [-0.05, 0) is 51.7 Å². The molecular formula is C22H27Cl2FN8O2. The van der Waals surface area contributed by atoms with Gasteiger partial charge in [-0.15, -0.1) is 28.3 Å². The molecule has 3 rings (SSSR count). The van der Waals surface area contributed by atoms with Crippen molar-refractivity contribution in [3.63, 3.8) is 0 Å². The Balaban J connectivity index is 1.77. The lowest BCUT2D eigenvalue weighted by Gasteiger charge is -2.18. The van der Waals surface area contributed by atoms with E-state index in [1.165, 1.54) is 16.9 Å². The topological polar surface area (TPSA) is 130 Å². The number of amides is 2. The summed E-state index contributed by atoms with van der Waals surface area (Å²) in [6, 6.07) is 2.10. The first-order chi connectivity index (χ1) is 16.7. The van der Waals surface area contributed by atoms with E-state index in [9.17, 15) is 14.0 Å². The van der Waals surface area contributed by atoms with Crippen LogP contribution in [-0.2, 0) is 17.8 Å². The number of aromatic amines is 1. The molecule has 3 heterocycles. The second-order valence-electron chi connectivity index (χ2n) is 7.83. The summed E-state index contributed by atoms with van der Waals surface area (Å²) in [6.45, 7) is 5.98. The average Bonchev–Trinajstić information content (AvgIpc) is 3.44. The Labute approximate surface area is 212 Å². The second kappa shape index (κ2) is 12.1. The van der Waals surface area contributed by atoms with E-state index in [0.29, 0.717) is 31.4 Å². The molecule has 35 heavy (non-hydrogen) atoms. The number of aromatic nitrogens is 6. The Kier molecular flexibility index (Phi) is 9.16. The van der Waals surface area contributed by atoms with E-state index in [4.69, 9.17) is 23.2 Å². The molecule has 0 aromatic carbocycles. The maximum atomic E-state index is 14.9. The Bertz CT molecular complexity index is 1180. The highest BCUT2D eigenvalue weighted by Gasteiger charge is 2.24. The van der Waals surface area contributed by atoms with Crippen LogP contribution in [0.3, 0.4) is 0 Å². The zero-order chi connectivity index (χ0) is 25.5. The molecule has 0 radical (unpaired) electrons. The first kappa shape index (κ1) is 26.6. The van der Waals surface area contributed by atoms with E-state index in [-0.39, 0.29) is 23.5 Å². The number of nitrogens with one attached hydrogen (secondary N) is 3. The van der Waals surface area contributed by atoms with Crippen molar-refractivity contribution in [1.82, 2.24) is 35.5 Å². The highest BCUT2D eigenvalue weighted by atomic mass is 35.5. The largest absolute Gasteiger partial charge is 0.339 e. The molecule has 188 valence electrons. The summed E-state index contributed by atoms with van der Waals surface area (Å²) >= 11 is 11.6. The molecule has 1 atom stereocenters. The van der Waals surface area contributed by atoms with Gasteiger partial charge in [-0.2, -0.15) is 9.49 Å². The van der Waals surface area contributed by atoms with Crippen LogP contribution < -0.4 is 10.6 Å². The van der Waals surface area contributed by atoms with Gasteiger partial charge >= 0.3 is 0 Å². The van der Waals surface area contributed by atoms with Gasteiger partial charge in [0.1, 0.15) is 22.4 Å². The highest BCUT2D eigenvalue weighted by molar-refractivity contribution is 6.44. The van der Waals surface area contributed by atoms with Crippen LogP contribution in [-0.4, -0.2) is 52.9 Å². The fraction of sp³-hybridized carbons (Fsp3) is 0.455. The van der Waals surface area contributed by atoms with Gasteiger partial charge in [0.05, 0.1) is 11.9 Å². The van der Waals surface area contributed by atoms with Crippen molar-refractivity contribution in [2.75, 3.05) is 5.32 Å². The lowest BCUT2D eigenvalue weighted by molar-refractivity contribution is -0.118. The Hall–Kier alpha value is -3.05. The van der Waals surface area contributed by atoms with Crippen LogP contribution in [0.1, 0.15) is 55.0 Å². The van der Waals surface area contributed by atoms with Crippen molar-refractivity contribution in [2.45, 2.75) is 63.9 Å². The molecule has 10 nitrogen and oxygen atoms in total. The minimum atomic E-state index is -0.942. The normalized spacial score (nSPS) is 12.1. The monoisotopic (exact) mass is 524 g/mol. The number of carbonyl (C=O) groups excluding carboxylic acids is 2. The van der Waals surface area contributed by atoms with Crippen molar-refractivity contribution in [2.24, 2.45) is 0 Å². The molecule has 0 fully saturated rings. The number of alkyl halides is 2. The molecule has 3 aromatic heterocycles. The Morgan fingerprint density at radius 2 is 2.00 bits per heavy atom. The second-order valence-corrected chi connectivity index (χ2v) is 9.11. The maximum Gasteiger partial charge on any atom is 0.271 e. The molecule has 0 saturated heterocycles. The minimum absolute atomic E-state index is 0.0162. The van der Waals surface area contributed by atoms with Gasteiger partial charge in [-0.25, -0.2) is 9.67 Å². The van der Waals surface area contributed by atoms with Crippen LogP contribution in [0.2, 0.25) is 0 Å². The first-order valence-corrected chi connectivity index (χ1v) is 12.1. The van der Waals surface area contributed by atoms with E-state index in [1.807, 2.05) is 13.8 Å². The van der Waals surface area contributed by atoms with Crippen molar-refractivity contribution >= 4 is 40.8 Å². The number of H-pyrrole nitrogens is 1. The van der Waals surface area contributed by atoms with Crippen LogP contribution in [0.5, 0.6) is 0 Å². The van der Waals surface area contributed by atoms with Crippen molar-refractivity contribution in [1.29, 1.82) is 0 Å². The summed E-state index contributed by atoms with van der Waals surface area (Å²) in [5.74, 6) is -1.79. The molecule has 0 aliphatic rings. The number of pyridine rings is 1. The number of aryl methyl sites for hydroxylation is 3. The third-order valence-electron chi connectivity index (χ3n) is 5.41. The number of halogens is 3. The smallest absolute Gasteiger partial charge is 0.271 e. The SMILES string of the molecule is CCc1n[nH]c(C)c1-c1ccc(NC(=O)[C@H](CCCC(Cl)Cl)NC(=O)c2cnnn2CC)nc1F. The molecule has 0 saturated carbocycles. The summed E-state index contributed by atoms with van der Waals surface area (Å²) in [5, 5.41) is 19.9. The summed E-state index contributed by atoms with van der Waals surface area (Å²) in [7, 11) is 0. The fourth-order valence-corrected chi connectivity index (χ4v) is 3.95. The van der Waals surface area contributed by atoms with Gasteiger partial charge in [-0.1, -0.05) is 12.1 Å². The number of nitrogens with zero attached hydrogens (tertiary/aromatic N) is 5. The van der Waals surface area contributed by atoms with Gasteiger partial charge < -0.3 is 10.6 Å². The average molecular weight is 525 g/mol. The van der Waals surface area contributed by atoms with Crippen LogP contribution in [0, 0.1) is 12.9 Å². The highest BCUT2D eigenvalue weighted by Crippen LogP contribution is 2.28. The predicted octanol–water partition coefficient (Wildman–Crippen LogP) is 3.80. The van der Waals surface area contributed by atoms with E-state index >= 15 is 0 Å². The minimum Gasteiger partial charge on any atom is -0.339 e. The zero-order valence-electron chi connectivity index (χ0n) is 19.6. The van der Waals surface area contributed by atoms with Crippen molar-refractivity contribution < 1.29 is 14.0 Å². The van der Waals surface area contributed by atoms with Gasteiger partial charge in [-0.3, -0.25) is 14.7 Å². The van der Waals surface area contributed by atoms with Crippen LogP contribution >= 0.6 is 23.2 Å². The van der Waals surface area contributed by atoms with Gasteiger partial charge in [0, 0.05) is 23.4 Å². The third kappa shape index (κ3) is 6.55. The van der Waals surface area contributed by atoms with Gasteiger partial charge in [0.15, 0.2) is 0 Å². The molecule has 0 aliphatic heterocycles. The third-order valence-corrected chi connectivity index (χ3v) is 5.85. The van der Waals surface area contributed by atoms with E-state index in [2.05, 4.69) is 36.1 Å². The number of hydrogen-bond donors (Lipinski definition) is 3. The summed E-state index contributed by atoms with van der Waals surface area (Å²) < 4.78 is 16.3. The van der Waals surface area contributed by atoms with E-state index in [1.54, 1.807) is 13.0 Å². The molecule has 0 unspecified atom stereocenters. The summed E-state index contributed by atoms with van der Waals surface area (Å²) in [6.07, 6.45) is 3.11. The first-order valence-electron chi connectivity index (χ1n) is 11.2. The molecule has 0 bridgehead atoms. The number of rotatable bonds is 11. The van der Waals surface area contributed by atoms with Crippen molar-refractivity contribution in [3.05, 3.63) is 41.4 Å². The summed E-state index contributed by atoms with van der Waals surface area (Å²) in [4.78, 5) is 29.1. The van der Waals surface area contributed by atoms with Crippen molar-refractivity contribution in [3.8, 4) is 11.1 Å². The Morgan fingerprint density at radius 3 is 2.66 bits per heavy atom. The Morgan fingerprint density at radius 1 is 1.23 bits per heavy atom. The van der Waals surface area contributed by atoms with Crippen LogP contribution in [0.15, 0.2) is 18.3 Å². The molecule has 13 heteroatoms. The number of carbonyl (C=O) groups is 2. The predicted molar refractivity (Wildman–Crippen MR) is 131 cm³/mol. The maximum absolute atomic E-state index is 14.9. The summed E-state index contributed by atoms with van der Waals surface area (Å²) in [5.41, 5.74) is 2.60. The molecule has 2 amide bonds. The van der Waals surface area contributed by atoms with E-state index < -0.39 is 28.6 Å². The zero-order valence-corrected chi connectivity index (χ0v) is 21.1. The van der Waals surface area contributed by atoms with Gasteiger partial charge in [0.2, 0.25) is 11.9 Å². The molecule has 3 aromatic rings. The fourth-order valence-electron chi connectivity index (χ4n) is 3.64. The standard InChI is InChI=1S/C22H27Cl2FN8O2/c1-4-14-19(12(3)30-31-14)13-9-10-18(28-20(13)25)29-21(34)15(7-6-8-17(23)24)27-22(35)16-11-26-32-33(16)5-2/h9-11,15,17H,4-8H2,1-3H3,(H,27,35)(H,30,31)(H,28,29,34)/t15-/m0/s1. The molecular weight excluding hydrogens is 498 g/mol. The van der Waals surface area contributed by atoms with Crippen LogP contribution in [0.25, 0.3) is 11.1 Å².